The van der Waals surface area contributed by atoms with E-state index < -0.39 is 0 Å². The first-order valence-electron chi connectivity index (χ1n) is 3.21. The Morgan fingerprint density at radius 1 is 0.900 bits per heavy atom. The van der Waals surface area contributed by atoms with E-state index in [1.807, 2.05) is 0 Å². The Kier molecular flexibility index (Phi) is 9.52. The lowest BCUT2D eigenvalue weighted by Crippen LogP contribution is -2.01. The van der Waals surface area contributed by atoms with Gasteiger partial charge in [-0.05, 0) is 18.3 Å². The van der Waals surface area contributed by atoms with Crippen LogP contribution in [0.2, 0.25) is 0 Å². The molecule has 1 saturated carbocycles. The minimum atomic E-state index is 0. The van der Waals surface area contributed by atoms with Crippen molar-refractivity contribution < 1.29 is 0 Å². The molecule has 0 amide bonds. The van der Waals surface area contributed by atoms with Crippen molar-refractivity contribution in [3.05, 3.63) is 7.43 Å². The van der Waals surface area contributed by atoms with Crippen LogP contribution >= 0.6 is 0 Å². The van der Waals surface area contributed by atoms with E-state index in [-0.39, 0.29) is 22.3 Å². The zero-order valence-electron chi connectivity index (χ0n) is 6.33. The third-order valence-corrected chi connectivity index (χ3v) is 1.96. The van der Waals surface area contributed by atoms with E-state index in [0.29, 0.717) is 5.41 Å². The first-order chi connectivity index (χ1) is 3.21. The van der Waals surface area contributed by atoms with Gasteiger partial charge >= 0.3 is 0 Å². The van der Waals surface area contributed by atoms with Crippen molar-refractivity contribution in [3.63, 3.8) is 0 Å². The highest BCUT2D eigenvalue weighted by molar-refractivity contribution is 4.74. The molecular formula is C10H25-. The third-order valence-electron chi connectivity index (χ3n) is 1.96. The summed E-state index contributed by atoms with van der Waals surface area (Å²) in [6, 6.07) is 0. The summed E-state index contributed by atoms with van der Waals surface area (Å²) in [6.45, 7) is 4.72. The van der Waals surface area contributed by atoms with Crippen LogP contribution in [-0.2, 0) is 0 Å². The first kappa shape index (κ1) is 16.5. The Labute approximate surface area is 68.0 Å². The molecule has 1 fully saturated rings. The molecule has 0 heteroatoms. The molecule has 0 bridgehead atoms. The minimum absolute atomic E-state index is 0. The van der Waals surface area contributed by atoms with Gasteiger partial charge in [-0.3, -0.25) is 0 Å². The molecule has 0 N–H and O–H groups in total. The fourth-order valence-corrected chi connectivity index (χ4v) is 1.33. The smallest absolute Gasteiger partial charge is 0.0354 e. The maximum atomic E-state index is 2.36. The van der Waals surface area contributed by atoms with Crippen LogP contribution in [0.4, 0.5) is 0 Å². The zero-order chi connectivity index (χ0) is 5.33. The predicted molar refractivity (Wildman–Crippen MR) is 52.1 cm³/mol. The van der Waals surface area contributed by atoms with Crippen molar-refractivity contribution in [1.82, 2.24) is 0 Å². The standard InChI is InChI=1S/C7H14.2CH4.CH3/c1-7(2)5-3-4-6-7;;;/h3-6H2,1-2H3;2*1H4;1H3/q;;;-1. The van der Waals surface area contributed by atoms with Crippen molar-refractivity contribution in [2.45, 2.75) is 54.4 Å². The highest BCUT2D eigenvalue weighted by atomic mass is 14.3. The van der Waals surface area contributed by atoms with Gasteiger partial charge in [0.25, 0.3) is 0 Å². The molecule has 0 atom stereocenters. The second-order valence-electron chi connectivity index (χ2n) is 3.37. The molecule has 0 aromatic carbocycles. The van der Waals surface area contributed by atoms with Crippen LogP contribution in [0.1, 0.15) is 54.4 Å². The second kappa shape index (κ2) is 5.76. The molecule has 0 unspecified atom stereocenters. The highest BCUT2D eigenvalue weighted by Gasteiger charge is 2.21. The van der Waals surface area contributed by atoms with Crippen LogP contribution in [-0.4, -0.2) is 0 Å². The Morgan fingerprint density at radius 2 is 1.20 bits per heavy atom. The summed E-state index contributed by atoms with van der Waals surface area (Å²) in [4.78, 5) is 0. The molecule has 10 heavy (non-hydrogen) atoms. The fourth-order valence-electron chi connectivity index (χ4n) is 1.33. The van der Waals surface area contributed by atoms with Gasteiger partial charge in [0.05, 0.1) is 0 Å². The Hall–Kier alpha value is 0. The van der Waals surface area contributed by atoms with Gasteiger partial charge in [0, 0.05) is 0 Å². The molecule has 0 saturated heterocycles. The highest BCUT2D eigenvalue weighted by Crippen LogP contribution is 2.36. The van der Waals surface area contributed by atoms with E-state index in [4.69, 9.17) is 0 Å². The average molecular weight is 145 g/mol. The van der Waals surface area contributed by atoms with Crippen molar-refractivity contribution in [3.8, 4) is 0 Å². The first-order valence-corrected chi connectivity index (χ1v) is 3.21. The third kappa shape index (κ3) is 4.84. The van der Waals surface area contributed by atoms with Crippen LogP contribution in [0.25, 0.3) is 0 Å². The van der Waals surface area contributed by atoms with E-state index in [1.54, 1.807) is 0 Å². The maximum Gasteiger partial charge on any atom is -0.0354 e. The summed E-state index contributed by atoms with van der Waals surface area (Å²) in [5.74, 6) is 0. The largest absolute Gasteiger partial charge is 0.358 e. The number of rotatable bonds is 0. The van der Waals surface area contributed by atoms with Crippen LogP contribution in [0.3, 0.4) is 0 Å². The van der Waals surface area contributed by atoms with Gasteiger partial charge < -0.3 is 7.43 Å². The molecule has 0 spiro atoms. The van der Waals surface area contributed by atoms with Gasteiger partial charge in [0.2, 0.25) is 0 Å². The van der Waals surface area contributed by atoms with E-state index in [2.05, 4.69) is 13.8 Å². The Balaban J connectivity index is -0.000000163. The van der Waals surface area contributed by atoms with Gasteiger partial charge in [-0.25, -0.2) is 0 Å². The normalized spacial score (nSPS) is 19.8. The summed E-state index contributed by atoms with van der Waals surface area (Å²) in [5, 5.41) is 0. The zero-order valence-corrected chi connectivity index (χ0v) is 6.33. The van der Waals surface area contributed by atoms with Crippen molar-refractivity contribution in [1.29, 1.82) is 0 Å². The van der Waals surface area contributed by atoms with E-state index >= 15 is 0 Å². The van der Waals surface area contributed by atoms with Crippen LogP contribution in [0.15, 0.2) is 0 Å². The molecule has 0 heterocycles. The van der Waals surface area contributed by atoms with Crippen LogP contribution < -0.4 is 0 Å². The lowest BCUT2D eigenvalue weighted by atomic mass is 9.92. The summed E-state index contributed by atoms with van der Waals surface area (Å²) in [7, 11) is 0. The van der Waals surface area contributed by atoms with Gasteiger partial charge in [-0.15, -0.1) is 0 Å². The van der Waals surface area contributed by atoms with Gasteiger partial charge in [0.1, 0.15) is 0 Å². The second-order valence-corrected chi connectivity index (χ2v) is 3.37. The van der Waals surface area contributed by atoms with E-state index in [1.165, 1.54) is 25.7 Å². The van der Waals surface area contributed by atoms with Crippen LogP contribution in [0.5, 0.6) is 0 Å². The number of hydrogen-bond donors (Lipinski definition) is 0. The molecule has 0 aromatic rings. The topological polar surface area (TPSA) is 0 Å². The lowest BCUT2D eigenvalue weighted by molar-refractivity contribution is 0.382. The quantitative estimate of drug-likeness (QED) is 0.446. The van der Waals surface area contributed by atoms with E-state index in [0.717, 1.165) is 0 Å². The molecular weight excluding hydrogens is 120 g/mol. The molecule has 0 radical (unpaired) electrons. The molecule has 0 aromatic heterocycles. The summed E-state index contributed by atoms with van der Waals surface area (Å²) in [5.41, 5.74) is 0.694. The van der Waals surface area contributed by atoms with Gasteiger partial charge in [0.15, 0.2) is 0 Å². The molecule has 1 aliphatic rings. The fraction of sp³-hybridized carbons (Fsp3) is 0.900. The van der Waals surface area contributed by atoms with E-state index in [9.17, 15) is 0 Å². The Morgan fingerprint density at radius 3 is 1.30 bits per heavy atom. The molecule has 1 rings (SSSR count). The minimum Gasteiger partial charge on any atom is -0.358 e. The van der Waals surface area contributed by atoms with Gasteiger partial charge in [-0.1, -0.05) is 41.5 Å². The van der Waals surface area contributed by atoms with Crippen molar-refractivity contribution >= 4 is 0 Å². The monoisotopic (exact) mass is 145 g/mol. The summed E-state index contributed by atoms with van der Waals surface area (Å²) < 4.78 is 0. The summed E-state index contributed by atoms with van der Waals surface area (Å²) >= 11 is 0. The molecule has 0 aliphatic heterocycles. The lowest BCUT2D eigenvalue weighted by Gasteiger charge is -2.13. The van der Waals surface area contributed by atoms with Crippen molar-refractivity contribution in [2.24, 2.45) is 5.41 Å². The predicted octanol–water partition coefficient (Wildman–Crippen LogP) is 4.31. The molecule has 0 nitrogen and oxygen atoms in total. The Bertz CT molecular complexity index is 54.4. The van der Waals surface area contributed by atoms with Crippen molar-refractivity contribution in [2.75, 3.05) is 0 Å². The van der Waals surface area contributed by atoms with Crippen LogP contribution in [0, 0.1) is 12.8 Å². The molecule has 66 valence electrons. The summed E-state index contributed by atoms with van der Waals surface area (Å²) in [6.07, 6.45) is 5.83. The average Bonchev–Trinajstić information content (AvgIpc) is 1.84. The SMILES string of the molecule is C.C.CC1(C)CCCC1.[CH3-]. The molecule has 1 aliphatic carbocycles. The maximum absolute atomic E-state index is 2.36. The number of hydrogen-bond acceptors (Lipinski definition) is 0. The van der Waals surface area contributed by atoms with Gasteiger partial charge in [-0.2, -0.15) is 0 Å².